The number of rotatable bonds is 9. The summed E-state index contributed by atoms with van der Waals surface area (Å²) in [5.74, 6) is 0.833. The summed E-state index contributed by atoms with van der Waals surface area (Å²) in [5.41, 5.74) is 2.57. The average Bonchev–Trinajstić information content (AvgIpc) is 3.25. The molecule has 0 aliphatic rings. The summed E-state index contributed by atoms with van der Waals surface area (Å²) in [4.78, 5) is 12.4. The molecule has 1 amide bonds. The van der Waals surface area contributed by atoms with Gasteiger partial charge in [-0.3, -0.25) is 9.48 Å². The summed E-state index contributed by atoms with van der Waals surface area (Å²) >= 11 is 6.19. The fraction of sp³-hybridized carbons (Fsp3) is 0.208. The second-order valence-corrected chi connectivity index (χ2v) is 7.33. The average molecular weight is 451 g/mol. The van der Waals surface area contributed by atoms with Crippen molar-refractivity contribution in [3.63, 3.8) is 0 Å². The van der Waals surface area contributed by atoms with Gasteiger partial charge in [-0.1, -0.05) is 35.9 Å². The zero-order valence-corrected chi connectivity index (χ0v) is 18.6. The van der Waals surface area contributed by atoms with Crippen LogP contribution in [0.15, 0.2) is 60.4 Å². The number of nitriles is 1. The minimum atomic E-state index is -0.438. The first-order valence-electron chi connectivity index (χ1n) is 9.90. The summed E-state index contributed by atoms with van der Waals surface area (Å²) in [6.45, 7) is 0.867. The molecule has 0 unspecified atom stereocenters. The Morgan fingerprint density at radius 1 is 1.22 bits per heavy atom. The summed E-state index contributed by atoms with van der Waals surface area (Å²) in [6.07, 6.45) is 5.46. The highest BCUT2D eigenvalue weighted by Crippen LogP contribution is 2.27. The van der Waals surface area contributed by atoms with Gasteiger partial charge in [-0.25, -0.2) is 0 Å². The van der Waals surface area contributed by atoms with Gasteiger partial charge < -0.3 is 14.8 Å². The first kappa shape index (κ1) is 22.9. The van der Waals surface area contributed by atoms with Crippen LogP contribution in [-0.4, -0.2) is 36.5 Å². The molecule has 1 heterocycles. The van der Waals surface area contributed by atoms with Gasteiger partial charge in [0, 0.05) is 23.3 Å². The maximum atomic E-state index is 12.4. The normalized spacial score (nSPS) is 11.0. The molecule has 0 atom stereocenters. The van der Waals surface area contributed by atoms with E-state index in [4.69, 9.17) is 21.1 Å². The van der Waals surface area contributed by atoms with Crippen molar-refractivity contribution in [3.05, 3.63) is 82.1 Å². The molecule has 2 aromatic carbocycles. The molecule has 1 N–H and O–H groups in total. The van der Waals surface area contributed by atoms with Crippen molar-refractivity contribution in [2.24, 2.45) is 0 Å². The molecule has 3 aromatic rings. The molecule has 0 saturated heterocycles. The molecule has 0 bridgehead atoms. The molecule has 8 heteroatoms. The predicted octanol–water partition coefficient (Wildman–Crippen LogP) is 3.87. The molecule has 0 aliphatic carbocycles. The van der Waals surface area contributed by atoms with E-state index in [1.807, 2.05) is 48.5 Å². The number of nitrogens with zero attached hydrogens (tertiary/aromatic N) is 3. The summed E-state index contributed by atoms with van der Waals surface area (Å²) in [7, 11) is 3.15. The Labute approximate surface area is 191 Å². The number of benzene rings is 2. The Bertz CT molecular complexity index is 1160. The zero-order valence-electron chi connectivity index (χ0n) is 17.8. The van der Waals surface area contributed by atoms with Gasteiger partial charge in [-0.05, 0) is 41.8 Å². The maximum absolute atomic E-state index is 12.4. The fourth-order valence-electron chi connectivity index (χ4n) is 3.11. The van der Waals surface area contributed by atoms with Crippen LogP contribution in [0.4, 0.5) is 0 Å². The molecule has 32 heavy (non-hydrogen) atoms. The monoisotopic (exact) mass is 450 g/mol. The van der Waals surface area contributed by atoms with Gasteiger partial charge in [-0.2, -0.15) is 10.4 Å². The third-order valence-corrected chi connectivity index (χ3v) is 5.14. The van der Waals surface area contributed by atoms with Crippen molar-refractivity contribution >= 4 is 23.6 Å². The van der Waals surface area contributed by atoms with E-state index in [0.717, 1.165) is 11.1 Å². The molecule has 0 fully saturated rings. The quantitative estimate of drug-likeness (QED) is 0.395. The number of carbonyl (C=O) groups is 1. The van der Waals surface area contributed by atoms with Crippen molar-refractivity contribution in [3.8, 4) is 17.6 Å². The van der Waals surface area contributed by atoms with Gasteiger partial charge in [0.1, 0.15) is 11.6 Å². The Balaban J connectivity index is 1.59. The van der Waals surface area contributed by atoms with Crippen molar-refractivity contribution < 1.29 is 14.3 Å². The minimum absolute atomic E-state index is 0.00889. The van der Waals surface area contributed by atoms with Crippen LogP contribution >= 0.6 is 11.6 Å². The molecule has 3 rings (SSSR count). The van der Waals surface area contributed by atoms with E-state index < -0.39 is 5.91 Å². The second kappa shape index (κ2) is 11.0. The lowest BCUT2D eigenvalue weighted by atomic mass is 10.1. The molecule has 0 radical (unpaired) electrons. The number of ether oxygens (including phenoxy) is 2. The highest BCUT2D eigenvalue weighted by Gasteiger charge is 2.11. The second-order valence-electron chi connectivity index (χ2n) is 6.93. The van der Waals surface area contributed by atoms with Gasteiger partial charge in [0.15, 0.2) is 11.5 Å². The molecule has 1 aromatic heterocycles. The summed E-state index contributed by atoms with van der Waals surface area (Å²) in [5, 5.41) is 17.1. The van der Waals surface area contributed by atoms with Crippen LogP contribution in [0.25, 0.3) is 6.08 Å². The predicted molar refractivity (Wildman–Crippen MR) is 123 cm³/mol. The van der Waals surface area contributed by atoms with Crippen molar-refractivity contribution in [1.29, 1.82) is 5.26 Å². The van der Waals surface area contributed by atoms with E-state index in [1.165, 1.54) is 6.08 Å². The summed E-state index contributed by atoms with van der Waals surface area (Å²) in [6, 6.07) is 15.1. The van der Waals surface area contributed by atoms with Gasteiger partial charge in [0.2, 0.25) is 0 Å². The first-order valence-corrected chi connectivity index (χ1v) is 10.3. The van der Waals surface area contributed by atoms with E-state index in [0.29, 0.717) is 41.6 Å². The van der Waals surface area contributed by atoms with Crippen LogP contribution < -0.4 is 14.8 Å². The molecule has 0 spiro atoms. The lowest BCUT2D eigenvalue weighted by Crippen LogP contribution is -2.26. The number of halogens is 1. The molecule has 164 valence electrons. The van der Waals surface area contributed by atoms with Gasteiger partial charge >= 0.3 is 0 Å². The fourth-order valence-corrected chi connectivity index (χ4v) is 3.30. The highest BCUT2D eigenvalue weighted by atomic mass is 35.5. The molecule has 7 nitrogen and oxygen atoms in total. The number of hydrogen-bond donors (Lipinski definition) is 1. The van der Waals surface area contributed by atoms with Gasteiger partial charge in [0.05, 0.1) is 27.0 Å². The molecule has 0 saturated carbocycles. The van der Waals surface area contributed by atoms with Crippen LogP contribution in [0.1, 0.15) is 16.7 Å². The maximum Gasteiger partial charge on any atom is 0.261 e. The van der Waals surface area contributed by atoms with Crippen LogP contribution in [0.3, 0.4) is 0 Å². The zero-order chi connectivity index (χ0) is 22.9. The van der Waals surface area contributed by atoms with Crippen LogP contribution in [0.5, 0.6) is 11.5 Å². The van der Waals surface area contributed by atoms with Crippen molar-refractivity contribution in [2.45, 2.75) is 13.0 Å². The van der Waals surface area contributed by atoms with E-state index >= 15 is 0 Å². The van der Waals surface area contributed by atoms with Gasteiger partial charge in [-0.15, -0.1) is 0 Å². The van der Waals surface area contributed by atoms with E-state index in [-0.39, 0.29) is 5.57 Å². The molecular weight excluding hydrogens is 428 g/mol. The number of hydrogen-bond acceptors (Lipinski definition) is 5. The van der Waals surface area contributed by atoms with E-state index in [2.05, 4.69) is 10.4 Å². The Kier molecular flexibility index (Phi) is 7.90. The minimum Gasteiger partial charge on any atom is -0.493 e. The van der Waals surface area contributed by atoms with Gasteiger partial charge in [0.25, 0.3) is 5.91 Å². The number of amides is 1. The topological polar surface area (TPSA) is 89.2 Å². The number of nitrogens with one attached hydrogen (secondary N) is 1. The largest absolute Gasteiger partial charge is 0.493 e. The Morgan fingerprint density at radius 2 is 2.00 bits per heavy atom. The van der Waals surface area contributed by atoms with Crippen LogP contribution in [-0.2, 0) is 17.8 Å². The van der Waals surface area contributed by atoms with Crippen molar-refractivity contribution in [2.75, 3.05) is 20.8 Å². The molecular formula is C24H23ClN4O3. The highest BCUT2D eigenvalue weighted by molar-refractivity contribution is 6.31. The molecule has 0 aliphatic heterocycles. The smallest absolute Gasteiger partial charge is 0.261 e. The van der Waals surface area contributed by atoms with E-state index in [1.54, 1.807) is 31.3 Å². The lowest BCUT2D eigenvalue weighted by Gasteiger charge is -2.10. The van der Waals surface area contributed by atoms with Crippen LogP contribution in [0.2, 0.25) is 5.02 Å². The third-order valence-electron chi connectivity index (χ3n) is 4.77. The SMILES string of the molecule is COc1ccc(CCNC(=O)/C(C#N)=C/c2cnn(Cc3ccccc3Cl)c2)cc1OC. The first-order chi connectivity index (χ1) is 15.5. The number of carbonyl (C=O) groups excluding carboxylic acids is 1. The van der Waals surface area contributed by atoms with E-state index in [9.17, 15) is 10.1 Å². The Hall–Kier alpha value is -3.76. The van der Waals surface area contributed by atoms with Crippen LogP contribution in [0, 0.1) is 11.3 Å². The van der Waals surface area contributed by atoms with Crippen molar-refractivity contribution in [1.82, 2.24) is 15.1 Å². The summed E-state index contributed by atoms with van der Waals surface area (Å²) < 4.78 is 12.2. The standard InChI is InChI=1S/C24H23ClN4O3/c1-31-22-8-7-17(12-23(22)32-2)9-10-27-24(30)20(13-26)11-18-14-28-29(15-18)16-19-5-3-4-6-21(19)25/h3-8,11-12,14-15H,9-10,16H2,1-2H3,(H,27,30)/b20-11+. The third kappa shape index (κ3) is 5.90. The number of methoxy groups -OCH3 is 2. The number of aromatic nitrogens is 2. The Morgan fingerprint density at radius 3 is 2.72 bits per heavy atom. The lowest BCUT2D eigenvalue weighted by molar-refractivity contribution is -0.117.